The van der Waals surface area contributed by atoms with Crippen molar-refractivity contribution in [1.82, 2.24) is 15.1 Å². The first-order valence-corrected chi connectivity index (χ1v) is 7.83. The summed E-state index contributed by atoms with van der Waals surface area (Å²) in [6, 6.07) is 18.3. The molecule has 0 fully saturated rings. The molecule has 1 N–H and O–H groups in total. The molecule has 0 bridgehead atoms. The zero-order valence-electron chi connectivity index (χ0n) is 12.7. The fraction of sp³-hybridized carbons (Fsp3) is 0.158. The highest BCUT2D eigenvalue weighted by Gasteiger charge is 2.09. The van der Waals surface area contributed by atoms with Crippen molar-refractivity contribution in [3.63, 3.8) is 0 Å². The van der Waals surface area contributed by atoms with Crippen molar-refractivity contribution in [3.8, 4) is 11.4 Å². The molecule has 0 spiro atoms. The van der Waals surface area contributed by atoms with Gasteiger partial charge in [0.1, 0.15) is 0 Å². The lowest BCUT2D eigenvalue weighted by atomic mass is 10.1. The molecule has 2 aromatic carbocycles. The van der Waals surface area contributed by atoms with E-state index in [4.69, 9.17) is 4.52 Å². The van der Waals surface area contributed by atoms with Gasteiger partial charge in [0, 0.05) is 29.1 Å². The maximum atomic E-state index is 5.36. The molecule has 2 aromatic heterocycles. The van der Waals surface area contributed by atoms with Gasteiger partial charge in [0.2, 0.25) is 11.7 Å². The van der Waals surface area contributed by atoms with Gasteiger partial charge < -0.3 is 9.51 Å². The number of benzene rings is 2. The third kappa shape index (κ3) is 2.88. The standard InChI is InChI=1S/C19H17N3O/c1-2-7-14(8-3-1)19-21-18(23-22-19)12-6-9-15-13-20-17-11-5-4-10-16(15)17/h1-5,7-8,10-11,13,20H,6,9,12H2. The second-order valence-corrected chi connectivity index (χ2v) is 5.59. The molecule has 0 aliphatic heterocycles. The fourth-order valence-electron chi connectivity index (χ4n) is 2.83. The average molecular weight is 303 g/mol. The Morgan fingerprint density at radius 1 is 0.913 bits per heavy atom. The molecular weight excluding hydrogens is 286 g/mol. The van der Waals surface area contributed by atoms with E-state index in [2.05, 4.69) is 39.5 Å². The number of H-pyrrole nitrogens is 1. The van der Waals surface area contributed by atoms with Crippen LogP contribution in [0.2, 0.25) is 0 Å². The van der Waals surface area contributed by atoms with Crippen molar-refractivity contribution in [2.24, 2.45) is 0 Å². The molecule has 4 heteroatoms. The van der Waals surface area contributed by atoms with E-state index in [-0.39, 0.29) is 0 Å². The van der Waals surface area contributed by atoms with Crippen LogP contribution in [0.4, 0.5) is 0 Å². The smallest absolute Gasteiger partial charge is 0.226 e. The minimum Gasteiger partial charge on any atom is -0.361 e. The number of hydrogen-bond donors (Lipinski definition) is 1. The number of para-hydroxylation sites is 1. The fourth-order valence-corrected chi connectivity index (χ4v) is 2.83. The highest BCUT2D eigenvalue weighted by Crippen LogP contribution is 2.20. The Kier molecular flexibility index (Phi) is 3.64. The van der Waals surface area contributed by atoms with E-state index < -0.39 is 0 Å². The van der Waals surface area contributed by atoms with Crippen LogP contribution >= 0.6 is 0 Å². The first-order chi connectivity index (χ1) is 11.4. The molecule has 0 aliphatic rings. The van der Waals surface area contributed by atoms with Crippen molar-refractivity contribution in [2.45, 2.75) is 19.3 Å². The zero-order chi connectivity index (χ0) is 15.5. The summed E-state index contributed by atoms with van der Waals surface area (Å²) in [5.74, 6) is 1.36. The lowest BCUT2D eigenvalue weighted by Crippen LogP contribution is -1.90. The Morgan fingerprint density at radius 2 is 1.74 bits per heavy atom. The van der Waals surface area contributed by atoms with Gasteiger partial charge in [0.05, 0.1) is 0 Å². The third-order valence-electron chi connectivity index (χ3n) is 4.01. The molecule has 114 valence electrons. The van der Waals surface area contributed by atoms with Crippen molar-refractivity contribution in [3.05, 3.63) is 72.2 Å². The zero-order valence-corrected chi connectivity index (χ0v) is 12.7. The van der Waals surface area contributed by atoms with Crippen LogP contribution in [-0.4, -0.2) is 15.1 Å². The minimum atomic E-state index is 0.660. The van der Waals surface area contributed by atoms with Crippen LogP contribution in [0.1, 0.15) is 17.9 Å². The SMILES string of the molecule is c1ccc(-c2noc(CCCc3c[nH]c4ccccc34)n2)cc1. The van der Waals surface area contributed by atoms with Crippen LogP contribution in [0, 0.1) is 0 Å². The minimum absolute atomic E-state index is 0.660. The van der Waals surface area contributed by atoms with Crippen molar-refractivity contribution < 1.29 is 4.52 Å². The molecule has 0 aliphatic carbocycles. The van der Waals surface area contributed by atoms with Gasteiger partial charge in [-0.05, 0) is 24.5 Å². The van der Waals surface area contributed by atoms with Gasteiger partial charge >= 0.3 is 0 Å². The number of hydrogen-bond acceptors (Lipinski definition) is 3. The molecule has 2 heterocycles. The Morgan fingerprint density at radius 3 is 2.65 bits per heavy atom. The van der Waals surface area contributed by atoms with Crippen LogP contribution in [0.25, 0.3) is 22.3 Å². The molecule has 0 atom stereocenters. The second kappa shape index (κ2) is 6.08. The van der Waals surface area contributed by atoms with Gasteiger partial charge in [0.25, 0.3) is 0 Å². The first kappa shape index (κ1) is 13.8. The number of rotatable bonds is 5. The summed E-state index contributed by atoms with van der Waals surface area (Å²) in [5, 5.41) is 5.35. The van der Waals surface area contributed by atoms with E-state index >= 15 is 0 Å². The number of aromatic nitrogens is 3. The van der Waals surface area contributed by atoms with E-state index in [1.807, 2.05) is 36.4 Å². The molecule has 23 heavy (non-hydrogen) atoms. The van der Waals surface area contributed by atoms with Gasteiger partial charge in [-0.15, -0.1) is 0 Å². The molecule has 4 aromatic rings. The molecule has 0 unspecified atom stereocenters. The summed E-state index contributed by atoms with van der Waals surface area (Å²) in [5.41, 5.74) is 3.51. The normalized spacial score (nSPS) is 11.1. The van der Waals surface area contributed by atoms with Crippen LogP contribution in [0.3, 0.4) is 0 Å². The topological polar surface area (TPSA) is 54.7 Å². The number of aromatic amines is 1. The molecule has 0 radical (unpaired) electrons. The summed E-state index contributed by atoms with van der Waals surface area (Å²) in [6.45, 7) is 0. The number of fused-ring (bicyclic) bond motifs is 1. The molecule has 0 amide bonds. The maximum absolute atomic E-state index is 5.36. The molecule has 0 saturated carbocycles. The summed E-state index contributed by atoms with van der Waals surface area (Å²) < 4.78 is 5.36. The Bertz CT molecular complexity index is 908. The molecule has 4 rings (SSSR count). The summed E-state index contributed by atoms with van der Waals surface area (Å²) >= 11 is 0. The lowest BCUT2D eigenvalue weighted by Gasteiger charge is -1.97. The van der Waals surface area contributed by atoms with E-state index in [1.165, 1.54) is 16.5 Å². The second-order valence-electron chi connectivity index (χ2n) is 5.59. The van der Waals surface area contributed by atoms with E-state index in [1.54, 1.807) is 0 Å². The van der Waals surface area contributed by atoms with Gasteiger partial charge in [0.15, 0.2) is 0 Å². The highest BCUT2D eigenvalue weighted by atomic mass is 16.5. The number of nitrogens with one attached hydrogen (secondary N) is 1. The van der Waals surface area contributed by atoms with Crippen molar-refractivity contribution >= 4 is 10.9 Å². The molecular formula is C19H17N3O. The van der Waals surface area contributed by atoms with Crippen molar-refractivity contribution in [1.29, 1.82) is 0 Å². The summed E-state index contributed by atoms with van der Waals surface area (Å²) in [4.78, 5) is 7.79. The predicted octanol–water partition coefficient (Wildman–Crippen LogP) is 4.39. The van der Waals surface area contributed by atoms with Crippen LogP contribution in [0.5, 0.6) is 0 Å². The lowest BCUT2D eigenvalue weighted by molar-refractivity contribution is 0.376. The Hall–Kier alpha value is -2.88. The highest BCUT2D eigenvalue weighted by molar-refractivity contribution is 5.82. The number of aryl methyl sites for hydroxylation is 2. The van der Waals surface area contributed by atoms with E-state index in [9.17, 15) is 0 Å². The monoisotopic (exact) mass is 303 g/mol. The third-order valence-corrected chi connectivity index (χ3v) is 4.01. The predicted molar refractivity (Wildman–Crippen MR) is 90.1 cm³/mol. The van der Waals surface area contributed by atoms with E-state index in [0.29, 0.717) is 11.7 Å². The summed E-state index contributed by atoms with van der Waals surface area (Å²) in [7, 11) is 0. The summed E-state index contributed by atoms with van der Waals surface area (Å²) in [6.07, 6.45) is 4.86. The van der Waals surface area contributed by atoms with Crippen LogP contribution in [-0.2, 0) is 12.8 Å². The Labute approximate surface area is 134 Å². The Balaban J connectivity index is 1.41. The number of nitrogens with zero attached hydrogens (tertiary/aromatic N) is 2. The largest absolute Gasteiger partial charge is 0.361 e. The van der Waals surface area contributed by atoms with Gasteiger partial charge in [-0.2, -0.15) is 4.98 Å². The average Bonchev–Trinajstić information content (AvgIpc) is 3.23. The van der Waals surface area contributed by atoms with Crippen LogP contribution in [0.15, 0.2) is 65.3 Å². The van der Waals surface area contributed by atoms with Gasteiger partial charge in [-0.25, -0.2) is 0 Å². The van der Waals surface area contributed by atoms with Crippen LogP contribution < -0.4 is 0 Å². The van der Waals surface area contributed by atoms with Gasteiger partial charge in [-0.3, -0.25) is 0 Å². The van der Waals surface area contributed by atoms with Crippen molar-refractivity contribution in [2.75, 3.05) is 0 Å². The maximum Gasteiger partial charge on any atom is 0.226 e. The molecule has 4 nitrogen and oxygen atoms in total. The first-order valence-electron chi connectivity index (χ1n) is 7.83. The van der Waals surface area contributed by atoms with E-state index in [0.717, 1.165) is 24.8 Å². The molecule has 0 saturated heterocycles. The quantitative estimate of drug-likeness (QED) is 0.595. The van der Waals surface area contributed by atoms with Gasteiger partial charge in [-0.1, -0.05) is 53.7 Å².